The van der Waals surface area contributed by atoms with Crippen LogP contribution in [0.2, 0.25) is 0 Å². The lowest BCUT2D eigenvalue weighted by Crippen LogP contribution is -2.36. The minimum atomic E-state index is 0.664. The molecular weight excluding hydrogens is 200 g/mol. The first-order valence-corrected chi connectivity index (χ1v) is 6.26. The number of rotatable bonds is 4. The van der Waals surface area contributed by atoms with Crippen molar-refractivity contribution < 1.29 is 0 Å². The van der Waals surface area contributed by atoms with Crippen molar-refractivity contribution in [2.45, 2.75) is 39.8 Å². The quantitative estimate of drug-likeness (QED) is 0.843. The molecule has 4 heteroatoms. The van der Waals surface area contributed by atoms with E-state index in [1.54, 1.807) is 0 Å². The SMILES string of the molecule is CCC(CC)CN1CCn2c(cnc2N)C1. The van der Waals surface area contributed by atoms with Crippen LogP contribution in [0.25, 0.3) is 0 Å². The third-order valence-electron chi connectivity index (χ3n) is 3.67. The number of anilines is 1. The number of imidazole rings is 1. The van der Waals surface area contributed by atoms with Gasteiger partial charge in [0.25, 0.3) is 0 Å². The molecule has 2 heterocycles. The van der Waals surface area contributed by atoms with Crippen LogP contribution in [0.15, 0.2) is 6.20 Å². The molecule has 0 amide bonds. The Hall–Kier alpha value is -1.03. The number of aromatic nitrogens is 2. The second-order valence-corrected chi connectivity index (χ2v) is 4.68. The van der Waals surface area contributed by atoms with Crippen LogP contribution < -0.4 is 5.73 Å². The summed E-state index contributed by atoms with van der Waals surface area (Å²) in [5, 5.41) is 0. The van der Waals surface area contributed by atoms with E-state index < -0.39 is 0 Å². The molecule has 0 saturated carbocycles. The summed E-state index contributed by atoms with van der Waals surface area (Å²) >= 11 is 0. The zero-order valence-corrected chi connectivity index (χ0v) is 10.3. The molecule has 1 aromatic rings. The maximum absolute atomic E-state index is 5.79. The third kappa shape index (κ3) is 2.21. The van der Waals surface area contributed by atoms with E-state index in [-0.39, 0.29) is 0 Å². The Morgan fingerprint density at radius 1 is 1.38 bits per heavy atom. The Bertz CT molecular complexity index is 341. The highest BCUT2D eigenvalue weighted by Gasteiger charge is 2.19. The number of nitrogens with two attached hydrogens (primary N) is 1. The van der Waals surface area contributed by atoms with Crippen LogP contribution >= 0.6 is 0 Å². The standard InChI is InChI=1S/C12H22N4/c1-3-10(4-2)8-15-5-6-16-11(9-15)7-14-12(16)13/h7,10H,3-6,8-9H2,1-2H3,(H2,13,14). The first kappa shape index (κ1) is 11.5. The highest BCUT2D eigenvalue weighted by molar-refractivity contribution is 5.23. The van der Waals surface area contributed by atoms with E-state index in [1.807, 2.05) is 6.20 Å². The molecule has 2 rings (SSSR count). The van der Waals surface area contributed by atoms with Crippen molar-refractivity contribution in [2.75, 3.05) is 18.8 Å². The summed E-state index contributed by atoms with van der Waals surface area (Å²) in [6.45, 7) is 8.85. The maximum Gasteiger partial charge on any atom is 0.200 e. The van der Waals surface area contributed by atoms with E-state index in [0.717, 1.165) is 25.6 Å². The fourth-order valence-corrected chi connectivity index (χ4v) is 2.43. The molecule has 0 aromatic carbocycles. The molecular formula is C12H22N4. The van der Waals surface area contributed by atoms with Crippen LogP contribution in [0.5, 0.6) is 0 Å². The number of fused-ring (bicyclic) bond motifs is 1. The lowest BCUT2D eigenvalue weighted by atomic mass is 10.0. The highest BCUT2D eigenvalue weighted by Crippen LogP contribution is 2.18. The molecule has 0 fully saturated rings. The Labute approximate surface area is 97.4 Å². The third-order valence-corrected chi connectivity index (χ3v) is 3.67. The number of nitrogens with zero attached hydrogens (tertiary/aromatic N) is 3. The first-order valence-electron chi connectivity index (χ1n) is 6.26. The predicted octanol–water partition coefficient (Wildman–Crippen LogP) is 1.72. The van der Waals surface area contributed by atoms with Gasteiger partial charge in [-0.05, 0) is 5.92 Å². The van der Waals surface area contributed by atoms with Crippen LogP contribution in [0.1, 0.15) is 32.4 Å². The molecule has 0 spiro atoms. The number of hydrogen-bond donors (Lipinski definition) is 1. The number of hydrogen-bond acceptors (Lipinski definition) is 3. The summed E-state index contributed by atoms with van der Waals surface area (Å²) in [4.78, 5) is 6.69. The molecule has 16 heavy (non-hydrogen) atoms. The van der Waals surface area contributed by atoms with Crippen LogP contribution in [0.4, 0.5) is 5.95 Å². The predicted molar refractivity (Wildman–Crippen MR) is 66.0 cm³/mol. The summed E-state index contributed by atoms with van der Waals surface area (Å²) < 4.78 is 2.13. The van der Waals surface area contributed by atoms with Gasteiger partial charge in [-0.3, -0.25) is 4.90 Å². The molecule has 90 valence electrons. The summed E-state index contributed by atoms with van der Waals surface area (Å²) in [6.07, 6.45) is 4.46. The minimum Gasteiger partial charge on any atom is -0.369 e. The molecule has 1 aliphatic heterocycles. The van der Waals surface area contributed by atoms with Crippen molar-refractivity contribution in [3.63, 3.8) is 0 Å². The lowest BCUT2D eigenvalue weighted by molar-refractivity contribution is 0.184. The van der Waals surface area contributed by atoms with Crippen molar-refractivity contribution >= 4 is 5.95 Å². The van der Waals surface area contributed by atoms with Gasteiger partial charge in [0.2, 0.25) is 0 Å². The van der Waals surface area contributed by atoms with E-state index in [2.05, 4.69) is 28.3 Å². The normalized spacial score (nSPS) is 16.7. The fraction of sp³-hybridized carbons (Fsp3) is 0.750. The molecule has 2 N–H and O–H groups in total. The van der Waals surface area contributed by atoms with Gasteiger partial charge in [-0.25, -0.2) is 4.98 Å². The smallest absolute Gasteiger partial charge is 0.200 e. The van der Waals surface area contributed by atoms with E-state index in [4.69, 9.17) is 5.73 Å². The largest absolute Gasteiger partial charge is 0.369 e. The minimum absolute atomic E-state index is 0.664. The van der Waals surface area contributed by atoms with E-state index >= 15 is 0 Å². The second kappa shape index (κ2) is 4.87. The molecule has 0 aliphatic carbocycles. The van der Waals surface area contributed by atoms with Crippen molar-refractivity contribution in [3.05, 3.63) is 11.9 Å². The van der Waals surface area contributed by atoms with Crippen LogP contribution in [-0.2, 0) is 13.1 Å². The van der Waals surface area contributed by atoms with Crippen LogP contribution in [0, 0.1) is 5.92 Å². The van der Waals surface area contributed by atoms with Gasteiger partial charge < -0.3 is 10.3 Å². The monoisotopic (exact) mass is 222 g/mol. The number of nitrogen functional groups attached to an aromatic ring is 1. The van der Waals surface area contributed by atoms with Crippen LogP contribution in [0.3, 0.4) is 0 Å². The van der Waals surface area contributed by atoms with Gasteiger partial charge in [-0.2, -0.15) is 0 Å². The average Bonchev–Trinajstić information content (AvgIpc) is 2.68. The second-order valence-electron chi connectivity index (χ2n) is 4.68. The summed E-state index contributed by atoms with van der Waals surface area (Å²) in [5.74, 6) is 1.49. The van der Waals surface area contributed by atoms with Crippen molar-refractivity contribution in [3.8, 4) is 0 Å². The van der Waals surface area contributed by atoms with Gasteiger partial charge in [0.05, 0.1) is 11.9 Å². The summed E-state index contributed by atoms with van der Waals surface area (Å²) in [5.41, 5.74) is 7.05. The van der Waals surface area contributed by atoms with E-state index in [9.17, 15) is 0 Å². The Morgan fingerprint density at radius 2 is 2.12 bits per heavy atom. The van der Waals surface area contributed by atoms with Gasteiger partial charge in [-0.1, -0.05) is 26.7 Å². The van der Waals surface area contributed by atoms with Gasteiger partial charge in [-0.15, -0.1) is 0 Å². The first-order chi connectivity index (χ1) is 7.74. The fourth-order valence-electron chi connectivity index (χ4n) is 2.43. The zero-order valence-electron chi connectivity index (χ0n) is 10.3. The van der Waals surface area contributed by atoms with Crippen LogP contribution in [-0.4, -0.2) is 27.5 Å². The molecule has 1 aromatic heterocycles. The van der Waals surface area contributed by atoms with Gasteiger partial charge >= 0.3 is 0 Å². The molecule has 0 atom stereocenters. The van der Waals surface area contributed by atoms with E-state index in [1.165, 1.54) is 25.1 Å². The van der Waals surface area contributed by atoms with E-state index in [0.29, 0.717) is 5.95 Å². The average molecular weight is 222 g/mol. The Balaban J connectivity index is 1.97. The summed E-state index contributed by atoms with van der Waals surface area (Å²) in [7, 11) is 0. The Morgan fingerprint density at radius 3 is 2.81 bits per heavy atom. The lowest BCUT2D eigenvalue weighted by Gasteiger charge is -2.31. The van der Waals surface area contributed by atoms with Gasteiger partial charge in [0, 0.05) is 26.2 Å². The zero-order chi connectivity index (χ0) is 11.5. The maximum atomic E-state index is 5.79. The van der Waals surface area contributed by atoms with Crippen molar-refractivity contribution in [1.82, 2.24) is 14.5 Å². The molecule has 0 saturated heterocycles. The topological polar surface area (TPSA) is 47.1 Å². The molecule has 1 aliphatic rings. The molecule has 4 nitrogen and oxygen atoms in total. The highest BCUT2D eigenvalue weighted by atomic mass is 15.3. The van der Waals surface area contributed by atoms with Gasteiger partial charge in [0.1, 0.15) is 0 Å². The van der Waals surface area contributed by atoms with Gasteiger partial charge in [0.15, 0.2) is 5.95 Å². The molecule has 0 radical (unpaired) electrons. The van der Waals surface area contributed by atoms with Crippen molar-refractivity contribution in [2.24, 2.45) is 5.92 Å². The van der Waals surface area contributed by atoms with Crippen molar-refractivity contribution in [1.29, 1.82) is 0 Å². The molecule has 0 unspecified atom stereocenters. The summed E-state index contributed by atoms with van der Waals surface area (Å²) in [6, 6.07) is 0. The molecule has 0 bridgehead atoms. The Kier molecular flexibility index (Phi) is 3.49.